The van der Waals surface area contributed by atoms with Gasteiger partial charge in [0.1, 0.15) is 17.5 Å². The first-order chi connectivity index (χ1) is 56.0. The molecule has 0 bridgehead atoms. The van der Waals surface area contributed by atoms with Crippen molar-refractivity contribution in [2.75, 3.05) is 11.9 Å². The minimum Gasteiger partial charge on any atom is -0.459 e. The molecule has 4 aliphatic carbocycles. The van der Waals surface area contributed by atoms with Gasteiger partial charge in [0.15, 0.2) is 28.9 Å². The van der Waals surface area contributed by atoms with E-state index < -0.39 is 10.0 Å². The van der Waals surface area contributed by atoms with Crippen molar-refractivity contribution < 1.29 is 65.2 Å². The summed E-state index contributed by atoms with van der Waals surface area (Å²) in [6, 6.07) is 23.7. The van der Waals surface area contributed by atoms with Crippen LogP contribution in [0, 0.1) is 17.8 Å². The monoisotopic (exact) mass is 1660 g/mol. The summed E-state index contributed by atoms with van der Waals surface area (Å²) in [7, 11) is -1.63. The molecule has 4 saturated heterocycles. The zero-order chi connectivity index (χ0) is 81.2. The summed E-state index contributed by atoms with van der Waals surface area (Å²) in [4.78, 5) is 162. The van der Waals surface area contributed by atoms with Crippen molar-refractivity contribution in [1.82, 2.24) is 60.2 Å². The van der Waals surface area contributed by atoms with Gasteiger partial charge in [0.05, 0.1) is 91.7 Å². The third-order valence-electron chi connectivity index (χ3n) is 21.1. The molecular formula is C83H86N14O14S5. The molecule has 4 aliphatic heterocycles. The lowest BCUT2D eigenvalue weighted by molar-refractivity contribution is -0.120. The summed E-state index contributed by atoms with van der Waals surface area (Å²) < 4.78 is 37.4. The van der Waals surface area contributed by atoms with Crippen LogP contribution in [0.25, 0.3) is 35.2 Å². The van der Waals surface area contributed by atoms with E-state index in [1.54, 1.807) is 97.8 Å². The van der Waals surface area contributed by atoms with Gasteiger partial charge in [0.25, 0.3) is 21.8 Å². The molecule has 8 aromatic rings. The average Bonchev–Trinajstić information content (AvgIpc) is 1.28. The Morgan fingerprint density at radius 1 is 0.457 bits per heavy atom. The Morgan fingerprint density at radius 3 is 1.29 bits per heavy atom. The SMILES string of the molecule is CN(c1nccc(/C=C2\SC(=O)CC2=O)n1)C1CCC(N)CC1.O=C1CC(=O)/C(=C/c2ccnc(CC3CCC(NC(=O)c4cccc5cccnc45)CC3)n2)S1.O=C1CC(=O)/C(=C/c2ccnc(CC3CCC(NC(=O)c4ccco4)CC3)n2)S1.O=C1CC(=O)/C(=C/c2ccnc(CC3CCC(NS(=O)(=O)c4ccco4)CC3)n2)S1. The number of ketones is 4. The minimum atomic E-state index is -3.62. The number of Topliss-reactive ketones (excluding diaryl/α,β-unsaturated/α-hetero) is 4. The van der Waals surface area contributed by atoms with E-state index in [1.807, 2.05) is 37.4 Å². The van der Waals surface area contributed by atoms with Crippen molar-refractivity contribution in [3.05, 3.63) is 194 Å². The molecule has 5 N–H and O–H groups in total. The molecule has 7 aromatic heterocycles. The third-order valence-corrected chi connectivity index (χ3v) is 26.3. The maximum Gasteiger partial charge on any atom is 0.287 e. The number of hydrogen-bond donors (Lipinski definition) is 4. The number of nitrogens with zero attached hydrogens (tertiary/aromatic N) is 10. The lowest BCUT2D eigenvalue weighted by atomic mass is 9.84. The average molecular weight is 1660 g/mol. The number of anilines is 1. The van der Waals surface area contributed by atoms with Gasteiger partial charge in [-0.25, -0.2) is 53.0 Å². The zero-order valence-corrected chi connectivity index (χ0v) is 67.6. The van der Waals surface area contributed by atoms with E-state index in [4.69, 9.17) is 14.6 Å². The fraction of sp³-hybridized carbons (Fsp3) is 0.386. The molecule has 8 aliphatic rings. The number of amides is 2. The van der Waals surface area contributed by atoms with Crippen LogP contribution in [-0.2, 0) is 67.6 Å². The summed E-state index contributed by atoms with van der Waals surface area (Å²) in [5, 5.41) is 6.63. The molecule has 16 rings (SSSR count). The number of pyridine rings is 1. The number of para-hydroxylation sites is 1. The van der Waals surface area contributed by atoms with Crippen LogP contribution < -0.4 is 26.0 Å². The largest absolute Gasteiger partial charge is 0.459 e. The number of hydrogen-bond acceptors (Lipinski definition) is 29. The Hall–Kier alpha value is -10.2. The molecule has 11 heterocycles. The molecule has 4 saturated carbocycles. The van der Waals surface area contributed by atoms with Crippen molar-refractivity contribution in [2.45, 2.75) is 183 Å². The standard InChI is InChI=1S/C26H24N4O3S.C21H21N3O4S.C20H21N3O5S2.C16H20N4O2S/c31-21-15-24(32)34-22(21)14-19-10-12-27-23(29-19)13-16-6-8-18(9-7-16)30-26(33)20-5-1-3-17-4-2-11-28-25(17)20;25-16-12-20(26)29-18(16)11-15-7-8-22-19(23-15)10-13-3-5-14(6-4-13)24-21(27)17-2-1-9-28-17;24-16-12-19(25)29-17(16)11-15-7-8-21-18(22-15)10-13-3-5-14(6-4-13)23-30(26,27)20-2-1-9-28-20;1-20(12-4-2-10(17)3-5-12)16-18-7-6-11(19-16)8-14-13(21)9-15(22)23-14/h1-5,10-12,14,16,18H,6-9,13,15H2,(H,30,33);1-2,7-9,11,13-14H,3-6,10,12H2,(H,24,27);1-2,7-9,11,13-14,23H,3-6,10,12H2;6-8,10,12H,2-5,9,17H2,1H3/b22-14-;18-11-;17-11-;14-8-. The van der Waals surface area contributed by atoms with Gasteiger partial charge in [0, 0.05) is 92.9 Å². The van der Waals surface area contributed by atoms with Crippen molar-refractivity contribution in [3.63, 3.8) is 0 Å². The highest BCUT2D eigenvalue weighted by atomic mass is 32.2. The Morgan fingerprint density at radius 2 is 0.871 bits per heavy atom. The number of benzene rings is 1. The van der Waals surface area contributed by atoms with Gasteiger partial charge in [-0.2, -0.15) is 0 Å². The van der Waals surface area contributed by atoms with Gasteiger partial charge in [-0.3, -0.25) is 52.9 Å². The third kappa shape index (κ3) is 23.6. The van der Waals surface area contributed by atoms with E-state index in [1.165, 1.54) is 18.6 Å². The number of fused-ring (bicyclic) bond motifs is 1. The topological polar surface area (TPSA) is 412 Å². The highest BCUT2D eigenvalue weighted by Gasteiger charge is 2.34. The Kier molecular flexibility index (Phi) is 28.6. The second-order valence-corrected chi connectivity index (χ2v) is 35.7. The van der Waals surface area contributed by atoms with Crippen LogP contribution in [0.15, 0.2) is 156 Å². The number of furan rings is 2. The summed E-state index contributed by atoms with van der Waals surface area (Å²) in [6.07, 6.45) is 34.9. The Labute approximate surface area is 686 Å². The second kappa shape index (κ2) is 39.7. The number of allylic oxidation sites excluding steroid dienone is 4. The highest BCUT2D eigenvalue weighted by Crippen LogP contribution is 2.37. The molecule has 8 fully saturated rings. The van der Waals surface area contributed by atoms with E-state index in [-0.39, 0.29) is 104 Å². The van der Waals surface area contributed by atoms with Crippen LogP contribution in [0.1, 0.15) is 190 Å². The van der Waals surface area contributed by atoms with Crippen molar-refractivity contribution >= 4 is 154 Å². The predicted octanol–water partition coefficient (Wildman–Crippen LogP) is 11.8. The lowest BCUT2D eigenvalue weighted by Crippen LogP contribution is -2.39. The molecule has 28 nitrogen and oxygen atoms in total. The Bertz CT molecular complexity index is 5230. The number of carbonyl (C=O) groups excluding carboxylic acids is 10. The molecule has 602 valence electrons. The van der Waals surface area contributed by atoms with Crippen LogP contribution in [0.5, 0.6) is 0 Å². The first kappa shape index (κ1) is 83.8. The van der Waals surface area contributed by atoms with Crippen molar-refractivity contribution in [1.29, 1.82) is 0 Å². The van der Waals surface area contributed by atoms with Gasteiger partial charge in [-0.1, -0.05) is 18.2 Å². The summed E-state index contributed by atoms with van der Waals surface area (Å²) >= 11 is 3.93. The molecule has 1 aromatic carbocycles. The lowest BCUT2D eigenvalue weighted by Gasteiger charge is -2.33. The number of aromatic nitrogens is 9. The van der Waals surface area contributed by atoms with Gasteiger partial charge >= 0.3 is 0 Å². The number of thioether (sulfide) groups is 4. The number of nitrogens with two attached hydrogens (primary N) is 1. The van der Waals surface area contributed by atoms with Gasteiger partial charge in [-0.05, 0) is 253 Å². The van der Waals surface area contributed by atoms with Crippen LogP contribution >= 0.6 is 47.0 Å². The van der Waals surface area contributed by atoms with E-state index >= 15 is 0 Å². The predicted molar refractivity (Wildman–Crippen MR) is 440 cm³/mol. The second-order valence-electron chi connectivity index (χ2n) is 29.6. The highest BCUT2D eigenvalue weighted by molar-refractivity contribution is 8.19. The molecule has 116 heavy (non-hydrogen) atoms. The summed E-state index contributed by atoms with van der Waals surface area (Å²) in [5.74, 6) is 3.59. The van der Waals surface area contributed by atoms with Crippen LogP contribution in [0.4, 0.5) is 5.95 Å². The van der Waals surface area contributed by atoms with Crippen molar-refractivity contribution in [2.24, 2.45) is 23.5 Å². The number of rotatable bonds is 19. The van der Waals surface area contributed by atoms with E-state index in [0.717, 1.165) is 185 Å². The van der Waals surface area contributed by atoms with Gasteiger partial charge < -0.3 is 30.1 Å². The Balaban J connectivity index is 0.000000136. The molecule has 0 unspecified atom stereocenters. The molecular weight excluding hydrogens is 1580 g/mol. The van der Waals surface area contributed by atoms with Crippen molar-refractivity contribution in [3.8, 4) is 0 Å². The first-order valence-electron chi connectivity index (χ1n) is 38.7. The molecule has 0 radical (unpaired) electrons. The maximum absolute atomic E-state index is 12.9. The summed E-state index contributed by atoms with van der Waals surface area (Å²) in [5.41, 5.74) is 9.87. The quantitative estimate of drug-likeness (QED) is 0.0431. The molecule has 0 atom stereocenters. The summed E-state index contributed by atoms with van der Waals surface area (Å²) in [6.45, 7) is 0. The fourth-order valence-corrected chi connectivity index (χ4v) is 19.4. The molecule has 0 spiro atoms. The van der Waals surface area contributed by atoms with Gasteiger partial charge in [-0.15, -0.1) is 0 Å². The number of carbonyl (C=O) groups is 10. The van der Waals surface area contributed by atoms with E-state index in [9.17, 15) is 56.4 Å². The molecule has 2 amide bonds. The minimum absolute atomic E-state index is 0.0172. The van der Waals surface area contributed by atoms with Crippen LogP contribution in [-0.4, -0.2) is 146 Å². The van der Waals surface area contributed by atoms with Gasteiger partial charge in [0.2, 0.25) is 31.5 Å². The van der Waals surface area contributed by atoms with Crippen LogP contribution in [0.2, 0.25) is 0 Å². The molecule has 33 heteroatoms. The smallest absolute Gasteiger partial charge is 0.287 e. The number of nitrogens with one attached hydrogen (secondary N) is 3. The fourth-order valence-electron chi connectivity index (χ4n) is 14.9. The van der Waals surface area contributed by atoms with E-state index in [0.29, 0.717) is 102 Å². The zero-order valence-electron chi connectivity index (χ0n) is 63.5. The normalized spacial score (nSPS) is 23.8. The maximum atomic E-state index is 12.9. The van der Waals surface area contributed by atoms with Crippen LogP contribution in [0.3, 0.4) is 0 Å². The first-order valence-corrected chi connectivity index (χ1v) is 43.4. The number of sulfonamides is 1. The van der Waals surface area contributed by atoms with E-state index in [2.05, 4.69) is 65.1 Å².